The number of benzene rings is 1. The van der Waals surface area contributed by atoms with E-state index in [4.69, 9.17) is 5.73 Å². The minimum Gasteiger partial charge on any atom is -0.321 e. The summed E-state index contributed by atoms with van der Waals surface area (Å²) in [6.45, 7) is 0. The summed E-state index contributed by atoms with van der Waals surface area (Å²) in [6, 6.07) is 10.6. The quantitative estimate of drug-likeness (QED) is 0.726. The lowest BCUT2D eigenvalue weighted by molar-refractivity contribution is 0.385. The van der Waals surface area contributed by atoms with Crippen molar-refractivity contribution in [2.75, 3.05) is 0 Å². The summed E-state index contributed by atoms with van der Waals surface area (Å²) >= 11 is 0. The van der Waals surface area contributed by atoms with Crippen LogP contribution in [0.2, 0.25) is 0 Å². The zero-order valence-corrected chi connectivity index (χ0v) is 9.93. The normalized spacial score (nSPS) is 20.1. The van der Waals surface area contributed by atoms with Crippen LogP contribution in [0.3, 0.4) is 0 Å². The van der Waals surface area contributed by atoms with E-state index in [2.05, 4.69) is 30.3 Å². The third kappa shape index (κ3) is 2.96. The Morgan fingerprint density at radius 1 is 0.867 bits per heavy atom. The van der Waals surface area contributed by atoms with Gasteiger partial charge < -0.3 is 5.73 Å². The molecule has 15 heavy (non-hydrogen) atoms. The highest BCUT2D eigenvalue weighted by Gasteiger charge is 2.27. The SMILES string of the molecule is Cl.NC1(c2ccccc2)CCCCCC1. The van der Waals surface area contributed by atoms with Crippen LogP contribution in [-0.2, 0) is 5.54 Å². The minimum atomic E-state index is -0.0439. The Kier molecular flexibility index (Phi) is 4.62. The van der Waals surface area contributed by atoms with Gasteiger partial charge in [-0.05, 0) is 18.4 Å². The molecule has 0 heterocycles. The fourth-order valence-electron chi connectivity index (χ4n) is 2.42. The fourth-order valence-corrected chi connectivity index (χ4v) is 2.42. The van der Waals surface area contributed by atoms with Gasteiger partial charge in [0, 0.05) is 5.54 Å². The van der Waals surface area contributed by atoms with Crippen LogP contribution in [-0.4, -0.2) is 0 Å². The molecule has 1 saturated carbocycles. The molecule has 0 bridgehead atoms. The lowest BCUT2D eigenvalue weighted by atomic mass is 9.84. The Balaban J connectivity index is 0.00000112. The van der Waals surface area contributed by atoms with Crippen LogP contribution >= 0.6 is 12.4 Å². The first kappa shape index (κ1) is 12.5. The van der Waals surface area contributed by atoms with E-state index in [1.54, 1.807) is 0 Å². The van der Waals surface area contributed by atoms with Crippen LogP contribution in [0.15, 0.2) is 30.3 Å². The number of halogens is 1. The van der Waals surface area contributed by atoms with Gasteiger partial charge in [0.05, 0.1) is 0 Å². The standard InChI is InChI=1S/C13H19N.ClH/c14-13(10-6-1-2-7-11-13)12-8-4-3-5-9-12;/h3-5,8-9H,1-2,6-7,10-11,14H2;1H. The highest BCUT2D eigenvalue weighted by Crippen LogP contribution is 2.33. The fraction of sp³-hybridized carbons (Fsp3) is 0.538. The first-order valence-electron chi connectivity index (χ1n) is 5.66. The summed E-state index contributed by atoms with van der Waals surface area (Å²) in [6.07, 6.45) is 7.57. The summed E-state index contributed by atoms with van der Waals surface area (Å²) < 4.78 is 0. The molecule has 0 atom stereocenters. The molecule has 0 saturated heterocycles. The van der Waals surface area contributed by atoms with Crippen molar-refractivity contribution in [3.63, 3.8) is 0 Å². The van der Waals surface area contributed by atoms with Gasteiger partial charge in [-0.25, -0.2) is 0 Å². The predicted molar refractivity (Wildman–Crippen MR) is 67.3 cm³/mol. The van der Waals surface area contributed by atoms with Crippen molar-refractivity contribution in [2.45, 2.75) is 44.1 Å². The van der Waals surface area contributed by atoms with E-state index in [0.29, 0.717) is 0 Å². The minimum absolute atomic E-state index is 0. The van der Waals surface area contributed by atoms with E-state index >= 15 is 0 Å². The van der Waals surface area contributed by atoms with Gasteiger partial charge in [0.25, 0.3) is 0 Å². The van der Waals surface area contributed by atoms with Gasteiger partial charge in [-0.15, -0.1) is 12.4 Å². The Bertz CT molecular complexity index is 276. The molecule has 0 amide bonds. The smallest absolute Gasteiger partial charge is 0.0409 e. The summed E-state index contributed by atoms with van der Waals surface area (Å²) in [4.78, 5) is 0. The molecular formula is C13H20ClN. The molecule has 1 aromatic carbocycles. The second-order valence-corrected chi connectivity index (χ2v) is 4.44. The molecule has 1 aliphatic rings. The van der Waals surface area contributed by atoms with E-state index in [-0.39, 0.29) is 17.9 Å². The summed E-state index contributed by atoms with van der Waals surface area (Å²) in [5.74, 6) is 0. The van der Waals surface area contributed by atoms with Crippen LogP contribution in [0.25, 0.3) is 0 Å². The third-order valence-electron chi connectivity index (χ3n) is 3.34. The second-order valence-electron chi connectivity index (χ2n) is 4.44. The summed E-state index contributed by atoms with van der Waals surface area (Å²) in [5, 5.41) is 0. The average Bonchev–Trinajstić information content (AvgIpc) is 2.46. The molecule has 0 radical (unpaired) electrons. The van der Waals surface area contributed by atoms with Gasteiger partial charge in [-0.3, -0.25) is 0 Å². The zero-order valence-electron chi connectivity index (χ0n) is 9.11. The second kappa shape index (κ2) is 5.53. The maximum atomic E-state index is 6.48. The molecule has 1 aromatic rings. The van der Waals surface area contributed by atoms with Gasteiger partial charge in [0.15, 0.2) is 0 Å². The van der Waals surface area contributed by atoms with Gasteiger partial charge in [-0.1, -0.05) is 56.0 Å². The van der Waals surface area contributed by atoms with Crippen LogP contribution < -0.4 is 5.73 Å². The Morgan fingerprint density at radius 2 is 1.40 bits per heavy atom. The van der Waals surface area contributed by atoms with Gasteiger partial charge in [0.1, 0.15) is 0 Å². The van der Waals surface area contributed by atoms with E-state index in [1.807, 2.05) is 0 Å². The molecule has 1 nitrogen and oxygen atoms in total. The number of hydrogen-bond acceptors (Lipinski definition) is 1. The molecular weight excluding hydrogens is 206 g/mol. The van der Waals surface area contributed by atoms with Gasteiger partial charge >= 0.3 is 0 Å². The average molecular weight is 226 g/mol. The van der Waals surface area contributed by atoms with Crippen molar-refractivity contribution in [2.24, 2.45) is 5.73 Å². The molecule has 1 fully saturated rings. The molecule has 2 rings (SSSR count). The van der Waals surface area contributed by atoms with Crippen LogP contribution in [0.5, 0.6) is 0 Å². The molecule has 2 heteroatoms. The zero-order chi connectivity index (χ0) is 9.86. The Hall–Kier alpha value is -0.530. The number of nitrogens with two attached hydrogens (primary N) is 1. The molecule has 84 valence electrons. The predicted octanol–water partition coefficient (Wildman–Crippen LogP) is 3.62. The van der Waals surface area contributed by atoms with E-state index in [1.165, 1.54) is 31.2 Å². The van der Waals surface area contributed by atoms with Crippen LogP contribution in [0, 0.1) is 0 Å². The van der Waals surface area contributed by atoms with E-state index < -0.39 is 0 Å². The highest BCUT2D eigenvalue weighted by atomic mass is 35.5. The van der Waals surface area contributed by atoms with Crippen molar-refractivity contribution < 1.29 is 0 Å². The maximum absolute atomic E-state index is 6.48. The van der Waals surface area contributed by atoms with Gasteiger partial charge in [0.2, 0.25) is 0 Å². The first-order valence-corrected chi connectivity index (χ1v) is 5.66. The van der Waals surface area contributed by atoms with Crippen molar-refractivity contribution in [3.8, 4) is 0 Å². The van der Waals surface area contributed by atoms with Crippen molar-refractivity contribution >= 4 is 12.4 Å². The first-order chi connectivity index (χ1) is 6.81. The number of hydrogen-bond donors (Lipinski definition) is 1. The van der Waals surface area contributed by atoms with Crippen LogP contribution in [0.4, 0.5) is 0 Å². The van der Waals surface area contributed by atoms with Crippen LogP contribution in [0.1, 0.15) is 44.1 Å². The van der Waals surface area contributed by atoms with Crippen molar-refractivity contribution in [3.05, 3.63) is 35.9 Å². The van der Waals surface area contributed by atoms with E-state index in [9.17, 15) is 0 Å². The molecule has 2 N–H and O–H groups in total. The third-order valence-corrected chi connectivity index (χ3v) is 3.34. The van der Waals surface area contributed by atoms with E-state index in [0.717, 1.165) is 12.8 Å². The molecule has 0 spiro atoms. The van der Waals surface area contributed by atoms with Gasteiger partial charge in [-0.2, -0.15) is 0 Å². The van der Waals surface area contributed by atoms with Crippen molar-refractivity contribution in [1.29, 1.82) is 0 Å². The van der Waals surface area contributed by atoms with Crippen molar-refractivity contribution in [1.82, 2.24) is 0 Å². The molecule has 0 aromatic heterocycles. The Labute approximate surface area is 98.5 Å². The molecule has 1 aliphatic carbocycles. The lowest BCUT2D eigenvalue weighted by Crippen LogP contribution is -2.35. The summed E-state index contributed by atoms with van der Waals surface area (Å²) in [7, 11) is 0. The molecule has 0 aliphatic heterocycles. The number of rotatable bonds is 1. The summed E-state index contributed by atoms with van der Waals surface area (Å²) in [5.41, 5.74) is 7.76. The highest BCUT2D eigenvalue weighted by molar-refractivity contribution is 5.85. The Morgan fingerprint density at radius 3 is 1.93 bits per heavy atom. The largest absolute Gasteiger partial charge is 0.321 e. The lowest BCUT2D eigenvalue weighted by Gasteiger charge is -2.28. The maximum Gasteiger partial charge on any atom is 0.0409 e. The topological polar surface area (TPSA) is 26.0 Å². The molecule has 0 unspecified atom stereocenters. The monoisotopic (exact) mass is 225 g/mol.